The van der Waals surface area contributed by atoms with Crippen molar-refractivity contribution in [2.45, 2.75) is 39.0 Å². The average Bonchev–Trinajstić information content (AvgIpc) is 3.13. The van der Waals surface area contributed by atoms with Gasteiger partial charge in [-0.25, -0.2) is 9.78 Å². The fraction of sp³-hybridized carbons (Fsp3) is 0.579. The first-order chi connectivity index (χ1) is 12.1. The van der Waals surface area contributed by atoms with E-state index in [4.69, 9.17) is 14.5 Å². The molecule has 0 saturated carbocycles. The second-order valence-corrected chi connectivity index (χ2v) is 7.24. The van der Waals surface area contributed by atoms with Gasteiger partial charge in [-0.3, -0.25) is 4.90 Å². The van der Waals surface area contributed by atoms with Crippen LogP contribution in [0.2, 0.25) is 0 Å². The number of methoxy groups -OCH3 is 1. The third-order valence-electron chi connectivity index (χ3n) is 5.30. The van der Waals surface area contributed by atoms with Crippen molar-refractivity contribution in [3.8, 4) is 0 Å². The largest absolute Gasteiger partial charge is 0.465 e. The molecule has 2 saturated heterocycles. The molecule has 0 bridgehead atoms. The van der Waals surface area contributed by atoms with Crippen LogP contribution < -0.4 is 0 Å². The Kier molecular flexibility index (Phi) is 4.48. The first-order valence-corrected chi connectivity index (χ1v) is 9.05. The molecule has 0 radical (unpaired) electrons. The number of ether oxygens (including phenoxy) is 2. The lowest BCUT2D eigenvalue weighted by Crippen LogP contribution is -2.32. The van der Waals surface area contributed by atoms with E-state index >= 15 is 0 Å². The topological polar surface area (TPSA) is 56.6 Å². The van der Waals surface area contributed by atoms with E-state index in [1.807, 2.05) is 12.1 Å². The first kappa shape index (κ1) is 16.5. The number of imidazole rings is 1. The van der Waals surface area contributed by atoms with Gasteiger partial charge in [0, 0.05) is 13.2 Å². The predicted octanol–water partition coefficient (Wildman–Crippen LogP) is 2.45. The average molecular weight is 343 g/mol. The van der Waals surface area contributed by atoms with Gasteiger partial charge < -0.3 is 14.0 Å². The first-order valence-electron chi connectivity index (χ1n) is 9.05. The van der Waals surface area contributed by atoms with Crippen molar-refractivity contribution in [1.82, 2.24) is 14.5 Å². The molecular weight excluding hydrogens is 318 g/mol. The van der Waals surface area contributed by atoms with Gasteiger partial charge in [0.2, 0.25) is 0 Å². The van der Waals surface area contributed by atoms with Crippen molar-refractivity contribution in [2.24, 2.45) is 5.92 Å². The Bertz CT molecular complexity index is 782. The summed E-state index contributed by atoms with van der Waals surface area (Å²) in [5, 5.41) is 0. The van der Waals surface area contributed by atoms with Gasteiger partial charge in [0.15, 0.2) is 0 Å². The van der Waals surface area contributed by atoms with E-state index in [0.29, 0.717) is 5.56 Å². The molecule has 1 aromatic heterocycles. The Morgan fingerprint density at radius 3 is 2.88 bits per heavy atom. The Balaban J connectivity index is 1.69. The molecule has 3 heterocycles. The number of aromatic nitrogens is 2. The lowest BCUT2D eigenvalue weighted by atomic mass is 10.1. The number of hydrogen-bond donors (Lipinski definition) is 0. The van der Waals surface area contributed by atoms with E-state index in [1.54, 1.807) is 6.07 Å². The highest BCUT2D eigenvalue weighted by atomic mass is 16.5. The fourth-order valence-electron chi connectivity index (χ4n) is 3.74. The molecular formula is C19H25N3O3. The molecule has 2 atom stereocenters. The zero-order chi connectivity index (χ0) is 17.4. The van der Waals surface area contributed by atoms with Crippen LogP contribution in [0.1, 0.15) is 35.9 Å². The van der Waals surface area contributed by atoms with Gasteiger partial charge in [-0.15, -0.1) is 0 Å². The van der Waals surface area contributed by atoms with Gasteiger partial charge in [-0.05, 0) is 43.5 Å². The lowest BCUT2D eigenvalue weighted by Gasteiger charge is -2.28. The third kappa shape index (κ3) is 3.28. The molecule has 4 rings (SSSR count). The number of carbonyl (C=O) groups excluding carboxylic acids is 1. The molecule has 0 aliphatic carbocycles. The van der Waals surface area contributed by atoms with Crippen LogP contribution >= 0.6 is 0 Å². The molecule has 2 fully saturated rings. The second-order valence-electron chi connectivity index (χ2n) is 7.24. The fourth-order valence-corrected chi connectivity index (χ4v) is 3.74. The van der Waals surface area contributed by atoms with Crippen LogP contribution in [0.5, 0.6) is 0 Å². The van der Waals surface area contributed by atoms with Gasteiger partial charge in [0.25, 0.3) is 0 Å². The normalized spacial score (nSPS) is 23.8. The molecule has 6 heteroatoms. The maximum Gasteiger partial charge on any atom is 0.337 e. The van der Waals surface area contributed by atoms with Crippen LogP contribution in [0, 0.1) is 5.92 Å². The van der Waals surface area contributed by atoms with Crippen molar-refractivity contribution in [2.75, 3.05) is 26.8 Å². The van der Waals surface area contributed by atoms with Gasteiger partial charge >= 0.3 is 5.97 Å². The molecule has 25 heavy (non-hydrogen) atoms. The Labute approximate surface area is 147 Å². The summed E-state index contributed by atoms with van der Waals surface area (Å²) >= 11 is 0. The van der Waals surface area contributed by atoms with Gasteiger partial charge in [0.1, 0.15) is 5.82 Å². The highest BCUT2D eigenvalue weighted by Gasteiger charge is 2.25. The Morgan fingerprint density at radius 2 is 2.24 bits per heavy atom. The SMILES string of the molecule is COC(=O)c1ccc2nc(CN3CCC(C)C3)n(CC3CCO3)c2c1. The van der Waals surface area contributed by atoms with Gasteiger partial charge in [0.05, 0.1) is 42.9 Å². The molecule has 2 unspecified atom stereocenters. The molecule has 134 valence electrons. The van der Waals surface area contributed by atoms with Crippen LogP contribution in [0.4, 0.5) is 0 Å². The smallest absolute Gasteiger partial charge is 0.337 e. The van der Waals surface area contributed by atoms with Crippen molar-refractivity contribution < 1.29 is 14.3 Å². The molecule has 2 aromatic rings. The summed E-state index contributed by atoms with van der Waals surface area (Å²) in [6.45, 7) is 7.02. The number of fused-ring (bicyclic) bond motifs is 1. The van der Waals surface area contributed by atoms with Crippen molar-refractivity contribution in [3.63, 3.8) is 0 Å². The molecule has 0 amide bonds. The van der Waals surface area contributed by atoms with E-state index < -0.39 is 0 Å². The van der Waals surface area contributed by atoms with E-state index in [9.17, 15) is 4.79 Å². The van der Waals surface area contributed by atoms with Crippen LogP contribution in [0.3, 0.4) is 0 Å². The molecule has 2 aliphatic heterocycles. The lowest BCUT2D eigenvalue weighted by molar-refractivity contribution is -0.0591. The molecule has 1 aromatic carbocycles. The summed E-state index contributed by atoms with van der Waals surface area (Å²) in [5.74, 6) is 1.49. The Hall–Kier alpha value is -1.92. The number of hydrogen-bond acceptors (Lipinski definition) is 5. The summed E-state index contributed by atoms with van der Waals surface area (Å²) in [7, 11) is 1.41. The molecule has 2 aliphatic rings. The summed E-state index contributed by atoms with van der Waals surface area (Å²) in [6.07, 6.45) is 2.57. The monoisotopic (exact) mass is 343 g/mol. The quantitative estimate of drug-likeness (QED) is 0.781. The number of nitrogens with zero attached hydrogens (tertiary/aromatic N) is 3. The number of likely N-dealkylation sites (tertiary alicyclic amines) is 1. The highest BCUT2D eigenvalue weighted by Crippen LogP contribution is 2.25. The minimum absolute atomic E-state index is 0.246. The van der Waals surface area contributed by atoms with Crippen molar-refractivity contribution in [3.05, 3.63) is 29.6 Å². The molecule has 0 N–H and O–H groups in total. The zero-order valence-corrected chi connectivity index (χ0v) is 14.9. The zero-order valence-electron chi connectivity index (χ0n) is 14.9. The summed E-state index contributed by atoms with van der Waals surface area (Å²) in [6, 6.07) is 5.59. The number of carbonyl (C=O) groups is 1. The predicted molar refractivity (Wildman–Crippen MR) is 94.5 cm³/mol. The summed E-state index contributed by atoms with van der Waals surface area (Å²) in [4.78, 5) is 19.2. The van der Waals surface area contributed by atoms with Crippen LogP contribution in [-0.4, -0.2) is 53.3 Å². The summed E-state index contributed by atoms with van der Waals surface area (Å²) < 4.78 is 12.7. The Morgan fingerprint density at radius 1 is 1.40 bits per heavy atom. The van der Waals surface area contributed by atoms with Crippen molar-refractivity contribution in [1.29, 1.82) is 0 Å². The van der Waals surface area contributed by atoms with E-state index in [-0.39, 0.29) is 12.1 Å². The minimum Gasteiger partial charge on any atom is -0.465 e. The van der Waals surface area contributed by atoms with Crippen LogP contribution in [-0.2, 0) is 22.6 Å². The standard InChI is InChI=1S/C19H25N3O3/c1-13-5-7-21(10-13)12-18-20-16-4-3-14(19(23)24-2)9-17(16)22(18)11-15-6-8-25-15/h3-4,9,13,15H,5-8,10-12H2,1-2H3. The third-order valence-corrected chi connectivity index (χ3v) is 5.30. The molecule has 6 nitrogen and oxygen atoms in total. The second kappa shape index (κ2) is 6.77. The van der Waals surface area contributed by atoms with E-state index in [0.717, 1.165) is 62.0 Å². The number of rotatable bonds is 5. The number of esters is 1. The molecule has 0 spiro atoms. The van der Waals surface area contributed by atoms with E-state index in [1.165, 1.54) is 13.5 Å². The van der Waals surface area contributed by atoms with E-state index in [2.05, 4.69) is 16.4 Å². The number of benzene rings is 1. The highest BCUT2D eigenvalue weighted by molar-refractivity contribution is 5.93. The van der Waals surface area contributed by atoms with Crippen LogP contribution in [0.15, 0.2) is 18.2 Å². The summed E-state index contributed by atoms with van der Waals surface area (Å²) in [5.41, 5.74) is 2.47. The van der Waals surface area contributed by atoms with Gasteiger partial charge in [-0.2, -0.15) is 0 Å². The maximum absolute atomic E-state index is 11.9. The maximum atomic E-state index is 11.9. The van der Waals surface area contributed by atoms with Gasteiger partial charge in [-0.1, -0.05) is 6.92 Å². The minimum atomic E-state index is -0.315. The van der Waals surface area contributed by atoms with Crippen molar-refractivity contribution >= 4 is 17.0 Å². The van der Waals surface area contributed by atoms with Crippen LogP contribution in [0.25, 0.3) is 11.0 Å².